The number of halogens is 1. The van der Waals surface area contributed by atoms with Crippen LogP contribution in [0.25, 0.3) is 10.4 Å². The standard InChI is InChI=1S/C11H13BrN4O/c12-10-2-1-3-11(15-10)17-7-9-4-8(5-9)6-14-16-13/h1-3,8-9H,4-7H2. The van der Waals surface area contributed by atoms with Crippen LogP contribution in [0.1, 0.15) is 12.8 Å². The van der Waals surface area contributed by atoms with Gasteiger partial charge in [0.2, 0.25) is 5.88 Å². The van der Waals surface area contributed by atoms with Gasteiger partial charge in [-0.1, -0.05) is 11.2 Å². The van der Waals surface area contributed by atoms with E-state index in [2.05, 4.69) is 30.9 Å². The molecule has 1 aliphatic carbocycles. The van der Waals surface area contributed by atoms with Gasteiger partial charge in [0, 0.05) is 17.5 Å². The maximum absolute atomic E-state index is 8.20. The normalized spacial score (nSPS) is 22.4. The van der Waals surface area contributed by atoms with E-state index in [0.29, 0.717) is 30.9 Å². The van der Waals surface area contributed by atoms with Crippen LogP contribution in [0.4, 0.5) is 0 Å². The first-order valence-electron chi connectivity index (χ1n) is 5.54. The molecule has 5 nitrogen and oxygen atoms in total. The summed E-state index contributed by atoms with van der Waals surface area (Å²) in [5.74, 6) is 1.75. The molecular formula is C11H13BrN4O. The van der Waals surface area contributed by atoms with Crippen molar-refractivity contribution >= 4 is 15.9 Å². The Bertz CT molecular complexity index is 427. The second kappa shape index (κ2) is 5.89. The van der Waals surface area contributed by atoms with Crippen LogP contribution in [-0.4, -0.2) is 18.1 Å². The number of nitrogens with zero attached hydrogens (tertiary/aromatic N) is 4. The van der Waals surface area contributed by atoms with Crippen molar-refractivity contribution in [3.8, 4) is 5.88 Å². The molecule has 1 aromatic heterocycles. The highest BCUT2D eigenvalue weighted by atomic mass is 79.9. The zero-order valence-electron chi connectivity index (χ0n) is 9.29. The molecule has 0 atom stereocenters. The van der Waals surface area contributed by atoms with Crippen molar-refractivity contribution in [2.75, 3.05) is 13.2 Å². The predicted molar refractivity (Wildman–Crippen MR) is 67.7 cm³/mol. The van der Waals surface area contributed by atoms with Gasteiger partial charge in [-0.05, 0) is 52.2 Å². The summed E-state index contributed by atoms with van der Waals surface area (Å²) in [6, 6.07) is 5.62. The van der Waals surface area contributed by atoms with Crippen molar-refractivity contribution in [3.63, 3.8) is 0 Å². The van der Waals surface area contributed by atoms with Gasteiger partial charge in [-0.3, -0.25) is 0 Å². The molecule has 1 saturated carbocycles. The SMILES string of the molecule is [N-]=[N+]=NCC1CC(COc2cccc(Br)n2)C1. The van der Waals surface area contributed by atoms with Crippen LogP contribution in [0.2, 0.25) is 0 Å². The van der Waals surface area contributed by atoms with E-state index in [0.717, 1.165) is 17.4 Å². The van der Waals surface area contributed by atoms with E-state index in [4.69, 9.17) is 10.3 Å². The second-order valence-corrected chi connectivity index (χ2v) is 5.04. The third kappa shape index (κ3) is 3.61. The quantitative estimate of drug-likeness (QED) is 0.361. The van der Waals surface area contributed by atoms with E-state index in [1.165, 1.54) is 0 Å². The Kier molecular flexibility index (Phi) is 4.23. The van der Waals surface area contributed by atoms with Gasteiger partial charge in [-0.15, -0.1) is 0 Å². The van der Waals surface area contributed by atoms with Crippen LogP contribution in [-0.2, 0) is 0 Å². The molecule has 0 unspecified atom stereocenters. The second-order valence-electron chi connectivity index (χ2n) is 4.23. The topological polar surface area (TPSA) is 70.9 Å². The van der Waals surface area contributed by atoms with E-state index in [1.807, 2.05) is 18.2 Å². The van der Waals surface area contributed by atoms with E-state index in [-0.39, 0.29) is 0 Å². The van der Waals surface area contributed by atoms with Crippen LogP contribution in [0.3, 0.4) is 0 Å². The maximum Gasteiger partial charge on any atom is 0.214 e. The van der Waals surface area contributed by atoms with Crippen LogP contribution in [0.5, 0.6) is 5.88 Å². The van der Waals surface area contributed by atoms with Crippen molar-refractivity contribution in [1.29, 1.82) is 0 Å². The highest BCUT2D eigenvalue weighted by Gasteiger charge is 2.28. The van der Waals surface area contributed by atoms with E-state index in [1.54, 1.807) is 0 Å². The predicted octanol–water partition coefficient (Wildman–Crippen LogP) is 3.56. The first-order chi connectivity index (χ1) is 8.28. The molecule has 0 amide bonds. The third-order valence-corrected chi connectivity index (χ3v) is 3.33. The summed E-state index contributed by atoms with van der Waals surface area (Å²) in [5, 5.41) is 3.58. The molecule has 0 spiro atoms. The van der Waals surface area contributed by atoms with Crippen LogP contribution >= 0.6 is 15.9 Å². The highest BCUT2D eigenvalue weighted by molar-refractivity contribution is 9.10. The Morgan fingerprint density at radius 2 is 2.29 bits per heavy atom. The fourth-order valence-corrected chi connectivity index (χ4v) is 2.31. The Balaban J connectivity index is 1.69. The van der Waals surface area contributed by atoms with Crippen molar-refractivity contribution in [1.82, 2.24) is 4.98 Å². The maximum atomic E-state index is 8.20. The van der Waals surface area contributed by atoms with Gasteiger partial charge in [0.1, 0.15) is 4.60 Å². The molecule has 1 aliphatic rings. The zero-order valence-corrected chi connectivity index (χ0v) is 10.9. The summed E-state index contributed by atoms with van der Waals surface area (Å²) >= 11 is 3.30. The van der Waals surface area contributed by atoms with Crippen LogP contribution in [0, 0.1) is 11.8 Å². The monoisotopic (exact) mass is 296 g/mol. The van der Waals surface area contributed by atoms with Gasteiger partial charge in [0.05, 0.1) is 6.61 Å². The van der Waals surface area contributed by atoms with Crippen LogP contribution in [0.15, 0.2) is 27.9 Å². The molecule has 0 saturated heterocycles. The van der Waals surface area contributed by atoms with E-state index in [9.17, 15) is 0 Å². The summed E-state index contributed by atoms with van der Waals surface area (Å²) in [5.41, 5.74) is 8.20. The average molecular weight is 297 g/mol. The van der Waals surface area contributed by atoms with Gasteiger partial charge in [0.25, 0.3) is 0 Å². The number of ether oxygens (including phenoxy) is 1. The molecule has 2 rings (SSSR count). The number of rotatable bonds is 5. The lowest BCUT2D eigenvalue weighted by Gasteiger charge is -2.33. The van der Waals surface area contributed by atoms with Gasteiger partial charge in [-0.2, -0.15) is 0 Å². The van der Waals surface area contributed by atoms with E-state index >= 15 is 0 Å². The fourth-order valence-electron chi connectivity index (χ4n) is 1.98. The minimum absolute atomic E-state index is 0.537. The number of hydrogen-bond donors (Lipinski definition) is 0. The highest BCUT2D eigenvalue weighted by Crippen LogP contribution is 2.34. The molecule has 1 aromatic rings. The van der Waals surface area contributed by atoms with Gasteiger partial charge in [-0.25, -0.2) is 4.98 Å². The lowest BCUT2D eigenvalue weighted by atomic mass is 9.75. The summed E-state index contributed by atoms with van der Waals surface area (Å²) < 4.78 is 6.38. The van der Waals surface area contributed by atoms with Crippen LogP contribution < -0.4 is 4.74 Å². The summed E-state index contributed by atoms with van der Waals surface area (Å²) in [4.78, 5) is 6.96. The minimum atomic E-state index is 0.537. The molecular weight excluding hydrogens is 284 g/mol. The number of pyridine rings is 1. The van der Waals surface area contributed by atoms with E-state index < -0.39 is 0 Å². The zero-order chi connectivity index (χ0) is 12.1. The fraction of sp³-hybridized carbons (Fsp3) is 0.545. The third-order valence-electron chi connectivity index (χ3n) is 2.89. The van der Waals surface area contributed by atoms with Gasteiger partial charge >= 0.3 is 0 Å². The van der Waals surface area contributed by atoms with Crippen molar-refractivity contribution in [3.05, 3.63) is 33.2 Å². The number of hydrogen-bond acceptors (Lipinski definition) is 3. The Hall–Kier alpha value is -1.26. The van der Waals surface area contributed by atoms with Gasteiger partial charge in [0.15, 0.2) is 0 Å². The van der Waals surface area contributed by atoms with Crippen molar-refractivity contribution in [2.45, 2.75) is 12.8 Å². The largest absolute Gasteiger partial charge is 0.477 e. The van der Waals surface area contributed by atoms with Gasteiger partial charge < -0.3 is 4.74 Å². The molecule has 6 heteroatoms. The molecule has 0 radical (unpaired) electrons. The first kappa shape index (κ1) is 12.2. The number of azide groups is 1. The molecule has 1 heterocycles. The van der Waals surface area contributed by atoms with Crippen molar-refractivity contribution < 1.29 is 4.74 Å². The summed E-state index contributed by atoms with van der Waals surface area (Å²) in [6.07, 6.45) is 2.15. The Morgan fingerprint density at radius 3 is 3.00 bits per heavy atom. The lowest BCUT2D eigenvalue weighted by Crippen LogP contribution is -2.30. The minimum Gasteiger partial charge on any atom is -0.477 e. The molecule has 1 fully saturated rings. The molecule has 0 N–H and O–H groups in total. The Morgan fingerprint density at radius 1 is 1.47 bits per heavy atom. The summed E-state index contributed by atoms with van der Waals surface area (Å²) in [7, 11) is 0. The molecule has 90 valence electrons. The molecule has 0 bridgehead atoms. The smallest absolute Gasteiger partial charge is 0.214 e. The molecule has 0 aliphatic heterocycles. The number of aromatic nitrogens is 1. The molecule has 17 heavy (non-hydrogen) atoms. The lowest BCUT2D eigenvalue weighted by molar-refractivity contribution is 0.122. The van der Waals surface area contributed by atoms with Crippen molar-refractivity contribution in [2.24, 2.45) is 17.0 Å². The molecule has 0 aromatic carbocycles. The first-order valence-corrected chi connectivity index (χ1v) is 6.33. The summed E-state index contributed by atoms with van der Waals surface area (Å²) in [6.45, 7) is 1.30. The average Bonchev–Trinajstić information content (AvgIpc) is 2.26. The Labute approximate surface area is 108 Å².